The van der Waals surface area contributed by atoms with Crippen LogP contribution in [0.3, 0.4) is 0 Å². The molecule has 0 spiro atoms. The summed E-state index contributed by atoms with van der Waals surface area (Å²) in [7, 11) is 0. The number of rotatable bonds is 6. The average Bonchev–Trinajstić information content (AvgIpc) is 3.45. The number of hydrogen-bond donors (Lipinski definition) is 1. The number of aliphatic hydroxyl groups excluding tert-OH is 1. The number of benzene rings is 2. The lowest BCUT2D eigenvalue weighted by atomic mass is 9.96. The summed E-state index contributed by atoms with van der Waals surface area (Å²) in [6.07, 6.45) is -2.46. The maximum atomic E-state index is 13.1. The van der Waals surface area contributed by atoms with Gasteiger partial charge >= 0.3 is 6.18 Å². The Bertz CT molecular complexity index is 893. The zero-order chi connectivity index (χ0) is 19.9. The van der Waals surface area contributed by atoms with Crippen molar-refractivity contribution in [2.24, 2.45) is 5.92 Å². The Morgan fingerprint density at radius 3 is 2.50 bits per heavy atom. The molecule has 148 valence electrons. The molecule has 28 heavy (non-hydrogen) atoms. The van der Waals surface area contributed by atoms with Gasteiger partial charge in [-0.1, -0.05) is 36.4 Å². The van der Waals surface area contributed by atoms with E-state index in [0.717, 1.165) is 18.4 Å². The second kappa shape index (κ2) is 7.13. The first-order chi connectivity index (χ1) is 13.4. The summed E-state index contributed by atoms with van der Waals surface area (Å²) in [6, 6.07) is 11.6. The minimum Gasteiger partial charge on any atom is -0.483 e. The minimum atomic E-state index is -4.45. The van der Waals surface area contributed by atoms with Crippen LogP contribution in [0.25, 0.3) is 11.1 Å². The third-order valence-corrected chi connectivity index (χ3v) is 5.29. The van der Waals surface area contributed by atoms with Gasteiger partial charge in [0.05, 0.1) is 18.2 Å². The molecule has 2 aromatic rings. The number of carbonyl (C=O) groups is 1. The number of alkyl halides is 3. The lowest BCUT2D eigenvalue weighted by Gasteiger charge is -2.26. The molecule has 2 aliphatic rings. The number of fused-ring (bicyclic) bond motifs is 1. The minimum absolute atomic E-state index is 0.0837. The van der Waals surface area contributed by atoms with Crippen molar-refractivity contribution in [2.75, 3.05) is 13.2 Å². The van der Waals surface area contributed by atoms with Crippen LogP contribution in [0, 0.1) is 5.92 Å². The van der Waals surface area contributed by atoms with Crippen LogP contribution in [0.4, 0.5) is 13.2 Å². The molecule has 0 radical (unpaired) electrons. The highest BCUT2D eigenvalue weighted by atomic mass is 19.4. The monoisotopic (exact) mass is 391 g/mol. The zero-order valence-electron chi connectivity index (χ0n) is 15.1. The van der Waals surface area contributed by atoms with Crippen LogP contribution in [0.15, 0.2) is 42.5 Å². The van der Waals surface area contributed by atoms with E-state index in [2.05, 4.69) is 0 Å². The lowest BCUT2D eigenvalue weighted by molar-refractivity contribution is -0.153. The smallest absolute Gasteiger partial charge is 0.422 e. The van der Waals surface area contributed by atoms with E-state index in [1.807, 2.05) is 6.07 Å². The van der Waals surface area contributed by atoms with E-state index in [0.29, 0.717) is 29.2 Å². The van der Waals surface area contributed by atoms with E-state index in [9.17, 15) is 23.1 Å². The van der Waals surface area contributed by atoms with E-state index in [1.54, 1.807) is 35.2 Å². The zero-order valence-corrected chi connectivity index (χ0v) is 15.1. The first-order valence-electron chi connectivity index (χ1n) is 9.21. The van der Waals surface area contributed by atoms with Gasteiger partial charge in [-0.15, -0.1) is 0 Å². The molecule has 1 fully saturated rings. The molecule has 1 aliphatic heterocycles. The SMILES string of the molecule is O=C1c2c(cccc2-c2ccccc2OCC(F)(F)F)CN1C(CO)C1CC1. The normalized spacial score (nSPS) is 17.6. The maximum absolute atomic E-state index is 13.1. The van der Waals surface area contributed by atoms with E-state index in [1.165, 1.54) is 6.07 Å². The Labute approximate surface area is 160 Å². The number of aliphatic hydroxyl groups is 1. The van der Waals surface area contributed by atoms with Gasteiger partial charge in [0.1, 0.15) is 5.75 Å². The third kappa shape index (κ3) is 3.58. The summed E-state index contributed by atoms with van der Waals surface area (Å²) in [5, 5.41) is 9.75. The largest absolute Gasteiger partial charge is 0.483 e. The summed E-state index contributed by atoms with van der Waals surface area (Å²) >= 11 is 0. The summed E-state index contributed by atoms with van der Waals surface area (Å²) in [6.45, 7) is -1.09. The highest BCUT2D eigenvalue weighted by Crippen LogP contribution is 2.42. The average molecular weight is 391 g/mol. The van der Waals surface area contributed by atoms with Crippen LogP contribution in [-0.2, 0) is 6.54 Å². The molecule has 0 aromatic heterocycles. The first-order valence-corrected chi connectivity index (χ1v) is 9.21. The number of carbonyl (C=O) groups excluding carboxylic acids is 1. The van der Waals surface area contributed by atoms with Crippen LogP contribution in [0.5, 0.6) is 5.75 Å². The van der Waals surface area contributed by atoms with Crippen molar-refractivity contribution in [3.8, 4) is 16.9 Å². The molecule has 7 heteroatoms. The predicted octanol–water partition coefficient (Wildman–Crippen LogP) is 4.02. The van der Waals surface area contributed by atoms with Crippen LogP contribution >= 0.6 is 0 Å². The highest BCUT2D eigenvalue weighted by molar-refractivity contribution is 6.05. The Balaban J connectivity index is 1.70. The number of ether oxygens (including phenoxy) is 1. The molecule has 4 rings (SSSR count). The standard InChI is InChI=1S/C21H20F3NO3/c22-21(23,24)12-28-18-7-2-1-5-15(18)16-6-3-4-14-10-25(20(27)19(14)16)17(11-26)13-8-9-13/h1-7,13,17,26H,8-12H2. The fraction of sp³-hybridized carbons (Fsp3) is 0.381. The van der Waals surface area contributed by atoms with Gasteiger partial charge in [0.2, 0.25) is 0 Å². The van der Waals surface area contributed by atoms with Crippen LogP contribution in [0.2, 0.25) is 0 Å². The molecule has 0 saturated heterocycles. The van der Waals surface area contributed by atoms with E-state index in [-0.39, 0.29) is 24.3 Å². The molecule has 1 N–H and O–H groups in total. The molecule has 1 atom stereocenters. The fourth-order valence-electron chi connectivity index (χ4n) is 3.83. The number of nitrogens with zero attached hydrogens (tertiary/aromatic N) is 1. The summed E-state index contributed by atoms with van der Waals surface area (Å²) in [5.41, 5.74) is 2.29. The highest BCUT2D eigenvalue weighted by Gasteiger charge is 2.41. The van der Waals surface area contributed by atoms with Crippen molar-refractivity contribution >= 4 is 5.91 Å². The van der Waals surface area contributed by atoms with Crippen molar-refractivity contribution in [1.82, 2.24) is 4.90 Å². The summed E-state index contributed by atoms with van der Waals surface area (Å²) in [4.78, 5) is 14.8. The van der Waals surface area contributed by atoms with E-state index in [4.69, 9.17) is 4.74 Å². The van der Waals surface area contributed by atoms with Gasteiger partial charge in [-0.3, -0.25) is 4.79 Å². The van der Waals surface area contributed by atoms with Gasteiger partial charge in [-0.05, 0) is 36.0 Å². The van der Waals surface area contributed by atoms with E-state index >= 15 is 0 Å². The molecule has 1 unspecified atom stereocenters. The van der Waals surface area contributed by atoms with Gasteiger partial charge in [-0.25, -0.2) is 0 Å². The Hall–Kier alpha value is -2.54. The van der Waals surface area contributed by atoms with Gasteiger partial charge in [-0.2, -0.15) is 13.2 Å². The van der Waals surface area contributed by atoms with Crippen LogP contribution in [-0.4, -0.2) is 41.3 Å². The quantitative estimate of drug-likeness (QED) is 0.809. The van der Waals surface area contributed by atoms with E-state index < -0.39 is 12.8 Å². The third-order valence-electron chi connectivity index (χ3n) is 5.29. The van der Waals surface area contributed by atoms with Crippen molar-refractivity contribution in [3.05, 3.63) is 53.6 Å². The first kappa shape index (κ1) is 18.8. The Morgan fingerprint density at radius 1 is 1.11 bits per heavy atom. The fourth-order valence-corrected chi connectivity index (χ4v) is 3.83. The molecule has 4 nitrogen and oxygen atoms in total. The Kier molecular flexibility index (Phi) is 4.79. The second-order valence-electron chi connectivity index (χ2n) is 7.26. The van der Waals surface area contributed by atoms with Gasteiger partial charge in [0, 0.05) is 12.1 Å². The molecular weight excluding hydrogens is 371 g/mol. The maximum Gasteiger partial charge on any atom is 0.422 e. The molecule has 1 amide bonds. The Morgan fingerprint density at radius 2 is 1.82 bits per heavy atom. The van der Waals surface area contributed by atoms with Crippen molar-refractivity contribution in [1.29, 1.82) is 0 Å². The molecule has 0 bridgehead atoms. The van der Waals surface area contributed by atoms with Crippen LogP contribution < -0.4 is 4.74 Å². The number of para-hydroxylation sites is 1. The number of amides is 1. The summed E-state index contributed by atoms with van der Waals surface area (Å²) < 4.78 is 42.8. The topological polar surface area (TPSA) is 49.8 Å². The van der Waals surface area contributed by atoms with Gasteiger partial charge in [0.25, 0.3) is 5.91 Å². The number of hydrogen-bond acceptors (Lipinski definition) is 3. The van der Waals surface area contributed by atoms with Crippen molar-refractivity contribution < 1.29 is 27.8 Å². The molecule has 1 saturated carbocycles. The molecule has 1 heterocycles. The predicted molar refractivity (Wildman–Crippen MR) is 96.9 cm³/mol. The van der Waals surface area contributed by atoms with Gasteiger partial charge in [0.15, 0.2) is 6.61 Å². The molecule has 2 aromatic carbocycles. The van der Waals surface area contributed by atoms with Crippen molar-refractivity contribution in [3.63, 3.8) is 0 Å². The second-order valence-corrected chi connectivity index (χ2v) is 7.26. The number of halogens is 3. The molecular formula is C21H20F3NO3. The van der Waals surface area contributed by atoms with Crippen LogP contribution in [0.1, 0.15) is 28.8 Å². The lowest BCUT2D eigenvalue weighted by Crippen LogP contribution is -2.39. The summed E-state index contributed by atoms with van der Waals surface area (Å²) in [5.74, 6) is 0.205. The van der Waals surface area contributed by atoms with Gasteiger partial charge < -0.3 is 14.7 Å². The molecule has 1 aliphatic carbocycles. The van der Waals surface area contributed by atoms with Crippen molar-refractivity contribution in [2.45, 2.75) is 31.6 Å².